The Kier molecular flexibility index (Phi) is 6.58. The minimum Gasteiger partial charge on any atom is -0.496 e. The first kappa shape index (κ1) is 19.1. The van der Waals surface area contributed by atoms with Crippen LogP contribution in [-0.2, 0) is 13.2 Å². The molecule has 0 saturated heterocycles. The minimum absolute atomic E-state index is 0.381. The molecule has 3 aromatic carbocycles. The molecule has 0 aromatic heterocycles. The van der Waals surface area contributed by atoms with Crippen molar-refractivity contribution in [1.29, 1.82) is 0 Å². The molecule has 0 bridgehead atoms. The van der Waals surface area contributed by atoms with Gasteiger partial charge < -0.3 is 14.9 Å². The summed E-state index contributed by atoms with van der Waals surface area (Å²) in [5, 5.41) is 0.610. The lowest BCUT2D eigenvalue weighted by atomic mass is 10.1. The normalized spacial score (nSPS) is 10.5. The first-order chi connectivity index (χ1) is 13.2. The van der Waals surface area contributed by atoms with E-state index in [2.05, 4.69) is 16.9 Å². The molecule has 140 valence electrons. The molecular formula is C22H23ClN2O2. The van der Waals surface area contributed by atoms with Gasteiger partial charge in [-0.25, -0.2) is 5.43 Å². The topological polar surface area (TPSA) is 42.5 Å². The van der Waals surface area contributed by atoms with Crippen LogP contribution in [0.2, 0.25) is 5.02 Å². The molecule has 27 heavy (non-hydrogen) atoms. The molecule has 0 saturated carbocycles. The second-order valence-electron chi connectivity index (χ2n) is 6.21. The lowest BCUT2D eigenvalue weighted by Gasteiger charge is -2.14. The molecule has 0 atom stereocenters. The van der Waals surface area contributed by atoms with Gasteiger partial charge in [-0.3, -0.25) is 0 Å². The second kappa shape index (κ2) is 9.31. The van der Waals surface area contributed by atoms with Gasteiger partial charge in [-0.1, -0.05) is 41.9 Å². The Labute approximate surface area is 165 Å². The van der Waals surface area contributed by atoms with Gasteiger partial charge in [0, 0.05) is 17.8 Å². The lowest BCUT2D eigenvalue weighted by molar-refractivity contribution is 0.296. The molecule has 0 spiro atoms. The molecule has 0 heterocycles. The number of anilines is 1. The maximum Gasteiger partial charge on any atom is 0.138 e. The molecule has 3 aromatic rings. The van der Waals surface area contributed by atoms with Crippen LogP contribution in [0.5, 0.6) is 11.5 Å². The average molecular weight is 383 g/mol. The van der Waals surface area contributed by atoms with E-state index in [4.69, 9.17) is 21.1 Å². The number of benzene rings is 3. The highest BCUT2D eigenvalue weighted by molar-refractivity contribution is 6.32. The SMILES string of the molecule is COc1ccc(CNNc2ccccc2)cc1COc1ccc(C)cc1Cl. The number of aryl methyl sites for hydroxylation is 1. The number of para-hydroxylation sites is 1. The zero-order valence-electron chi connectivity index (χ0n) is 15.5. The van der Waals surface area contributed by atoms with Crippen LogP contribution in [0.1, 0.15) is 16.7 Å². The highest BCUT2D eigenvalue weighted by atomic mass is 35.5. The summed E-state index contributed by atoms with van der Waals surface area (Å²) in [7, 11) is 1.66. The number of hydrazine groups is 1. The molecular weight excluding hydrogens is 360 g/mol. The van der Waals surface area contributed by atoms with Gasteiger partial charge in [0.15, 0.2) is 0 Å². The molecule has 3 rings (SSSR count). The van der Waals surface area contributed by atoms with E-state index < -0.39 is 0 Å². The first-order valence-electron chi connectivity index (χ1n) is 8.74. The fourth-order valence-electron chi connectivity index (χ4n) is 2.70. The van der Waals surface area contributed by atoms with Crippen molar-refractivity contribution in [2.45, 2.75) is 20.1 Å². The van der Waals surface area contributed by atoms with Gasteiger partial charge in [0.1, 0.15) is 18.1 Å². The summed E-state index contributed by atoms with van der Waals surface area (Å²) in [6.45, 7) is 3.04. The molecule has 0 aliphatic rings. The Morgan fingerprint density at radius 3 is 2.44 bits per heavy atom. The number of halogens is 1. The summed E-state index contributed by atoms with van der Waals surface area (Å²) >= 11 is 6.25. The van der Waals surface area contributed by atoms with Crippen LogP contribution in [0.15, 0.2) is 66.7 Å². The summed E-state index contributed by atoms with van der Waals surface area (Å²) in [5.74, 6) is 1.46. The number of ether oxygens (including phenoxy) is 2. The van der Waals surface area contributed by atoms with E-state index in [-0.39, 0.29) is 0 Å². The molecule has 4 nitrogen and oxygen atoms in total. The maximum atomic E-state index is 6.25. The van der Waals surface area contributed by atoms with Crippen molar-refractivity contribution >= 4 is 17.3 Å². The highest BCUT2D eigenvalue weighted by Gasteiger charge is 2.08. The van der Waals surface area contributed by atoms with Crippen molar-refractivity contribution in [2.75, 3.05) is 12.5 Å². The van der Waals surface area contributed by atoms with Gasteiger partial charge in [-0.05, 0) is 54.4 Å². The zero-order valence-corrected chi connectivity index (χ0v) is 16.2. The van der Waals surface area contributed by atoms with Crippen molar-refractivity contribution in [2.24, 2.45) is 0 Å². The molecule has 0 amide bonds. The standard InChI is InChI=1S/C22H23ClN2O2/c1-16-8-10-22(20(23)12-16)27-15-18-13-17(9-11-21(18)26-2)14-24-25-19-6-4-3-5-7-19/h3-13,24-25H,14-15H2,1-2H3. The zero-order chi connectivity index (χ0) is 19.1. The fraction of sp³-hybridized carbons (Fsp3) is 0.182. The van der Waals surface area contributed by atoms with Crippen molar-refractivity contribution in [3.63, 3.8) is 0 Å². The third kappa shape index (κ3) is 5.39. The Hall–Kier alpha value is -2.69. The van der Waals surface area contributed by atoms with E-state index in [1.54, 1.807) is 7.11 Å². The van der Waals surface area contributed by atoms with Crippen LogP contribution >= 0.6 is 11.6 Å². The van der Waals surface area contributed by atoms with Gasteiger partial charge in [0.25, 0.3) is 0 Å². The van der Waals surface area contributed by atoms with Gasteiger partial charge in [0.05, 0.1) is 12.1 Å². The van der Waals surface area contributed by atoms with Gasteiger partial charge in [0.2, 0.25) is 0 Å². The largest absolute Gasteiger partial charge is 0.496 e. The summed E-state index contributed by atoms with van der Waals surface area (Å²) in [6, 6.07) is 21.8. The highest BCUT2D eigenvalue weighted by Crippen LogP contribution is 2.28. The molecule has 0 unspecified atom stereocenters. The Balaban J connectivity index is 1.64. The average Bonchev–Trinajstić information content (AvgIpc) is 2.68. The molecule has 0 fully saturated rings. The summed E-state index contributed by atoms with van der Waals surface area (Å²) in [6.07, 6.45) is 0. The van der Waals surface area contributed by atoms with Crippen LogP contribution in [0, 0.1) is 6.92 Å². The Morgan fingerprint density at radius 2 is 1.70 bits per heavy atom. The third-order valence-corrected chi connectivity index (χ3v) is 4.41. The van der Waals surface area contributed by atoms with Crippen molar-refractivity contribution < 1.29 is 9.47 Å². The number of hydrogen-bond donors (Lipinski definition) is 2. The van der Waals surface area contributed by atoms with Gasteiger partial charge in [-0.15, -0.1) is 0 Å². The number of rotatable bonds is 8. The van der Waals surface area contributed by atoms with Crippen molar-refractivity contribution in [3.05, 3.63) is 88.4 Å². The van der Waals surface area contributed by atoms with E-state index >= 15 is 0 Å². The van der Waals surface area contributed by atoms with E-state index in [0.29, 0.717) is 23.9 Å². The Bertz CT molecular complexity index is 885. The fourth-order valence-corrected chi connectivity index (χ4v) is 2.99. The van der Waals surface area contributed by atoms with Gasteiger partial charge in [-0.2, -0.15) is 0 Å². The summed E-state index contributed by atoms with van der Waals surface area (Å²) < 4.78 is 11.4. The van der Waals surface area contributed by atoms with Crippen LogP contribution in [0.25, 0.3) is 0 Å². The van der Waals surface area contributed by atoms with E-state index in [1.165, 1.54) is 0 Å². The number of methoxy groups -OCH3 is 1. The predicted octanol–water partition coefficient (Wildman–Crippen LogP) is 5.35. The minimum atomic E-state index is 0.381. The first-order valence-corrected chi connectivity index (χ1v) is 9.12. The molecule has 5 heteroatoms. The van der Waals surface area contributed by atoms with E-state index in [1.807, 2.05) is 67.6 Å². The Morgan fingerprint density at radius 1 is 0.926 bits per heavy atom. The molecule has 2 N–H and O–H groups in total. The summed E-state index contributed by atoms with van der Waals surface area (Å²) in [4.78, 5) is 0. The number of hydrogen-bond acceptors (Lipinski definition) is 4. The van der Waals surface area contributed by atoms with Crippen LogP contribution in [-0.4, -0.2) is 7.11 Å². The number of nitrogens with one attached hydrogen (secondary N) is 2. The van der Waals surface area contributed by atoms with Crippen molar-refractivity contribution in [1.82, 2.24) is 5.43 Å². The third-order valence-electron chi connectivity index (χ3n) is 4.11. The predicted molar refractivity (Wildman–Crippen MR) is 110 cm³/mol. The monoisotopic (exact) mass is 382 g/mol. The molecule has 0 aliphatic carbocycles. The van der Waals surface area contributed by atoms with Crippen LogP contribution in [0.3, 0.4) is 0 Å². The quantitative estimate of drug-likeness (QED) is 0.515. The van der Waals surface area contributed by atoms with E-state index in [0.717, 1.165) is 28.1 Å². The van der Waals surface area contributed by atoms with Crippen LogP contribution in [0.4, 0.5) is 5.69 Å². The summed E-state index contributed by atoms with van der Waals surface area (Å²) in [5.41, 5.74) is 10.6. The molecule has 0 aliphatic heterocycles. The maximum absolute atomic E-state index is 6.25. The second-order valence-corrected chi connectivity index (χ2v) is 6.62. The van der Waals surface area contributed by atoms with Crippen molar-refractivity contribution in [3.8, 4) is 11.5 Å². The van der Waals surface area contributed by atoms with Crippen LogP contribution < -0.4 is 20.3 Å². The molecule has 0 radical (unpaired) electrons. The van der Waals surface area contributed by atoms with E-state index in [9.17, 15) is 0 Å². The lowest BCUT2D eigenvalue weighted by Crippen LogP contribution is -2.20. The van der Waals surface area contributed by atoms with Gasteiger partial charge >= 0.3 is 0 Å². The smallest absolute Gasteiger partial charge is 0.138 e.